The molecular formula is C17H26N2O2. The predicted octanol–water partition coefficient (Wildman–Crippen LogP) is 2.23. The number of hydrogen-bond donors (Lipinski definition) is 2. The summed E-state index contributed by atoms with van der Waals surface area (Å²) in [5, 5.41) is 2.97. The van der Waals surface area contributed by atoms with Gasteiger partial charge < -0.3 is 15.8 Å². The lowest BCUT2D eigenvalue weighted by atomic mass is 9.98. The van der Waals surface area contributed by atoms with Crippen LogP contribution in [0.1, 0.15) is 38.2 Å². The molecule has 21 heavy (non-hydrogen) atoms. The van der Waals surface area contributed by atoms with Crippen molar-refractivity contribution < 1.29 is 9.53 Å². The molecule has 116 valence electrons. The molecule has 1 aromatic rings. The van der Waals surface area contributed by atoms with Gasteiger partial charge in [-0.3, -0.25) is 4.79 Å². The first kappa shape index (κ1) is 16.0. The number of carbonyl (C=O) groups excluding carboxylic acids is 1. The van der Waals surface area contributed by atoms with Crippen molar-refractivity contribution in [3.05, 3.63) is 35.9 Å². The molecule has 0 spiro atoms. The lowest BCUT2D eigenvalue weighted by Gasteiger charge is -2.23. The molecule has 4 heteroatoms. The van der Waals surface area contributed by atoms with Gasteiger partial charge in [0.25, 0.3) is 0 Å². The third kappa shape index (κ3) is 4.83. The fourth-order valence-electron chi connectivity index (χ4n) is 2.69. The lowest BCUT2D eigenvalue weighted by Crippen LogP contribution is -2.52. The lowest BCUT2D eigenvalue weighted by molar-refractivity contribution is -0.126. The van der Waals surface area contributed by atoms with E-state index in [0.29, 0.717) is 19.8 Å². The van der Waals surface area contributed by atoms with Crippen LogP contribution in [0.2, 0.25) is 0 Å². The van der Waals surface area contributed by atoms with Crippen molar-refractivity contribution in [2.75, 3.05) is 13.2 Å². The first-order valence-corrected chi connectivity index (χ1v) is 7.79. The van der Waals surface area contributed by atoms with Crippen LogP contribution >= 0.6 is 0 Å². The van der Waals surface area contributed by atoms with E-state index in [1.165, 1.54) is 5.56 Å². The van der Waals surface area contributed by atoms with E-state index in [0.717, 1.165) is 25.7 Å². The van der Waals surface area contributed by atoms with Crippen molar-refractivity contribution in [3.8, 4) is 0 Å². The molecule has 0 heterocycles. The monoisotopic (exact) mass is 290 g/mol. The molecule has 0 bridgehead atoms. The zero-order valence-electron chi connectivity index (χ0n) is 12.8. The summed E-state index contributed by atoms with van der Waals surface area (Å²) in [7, 11) is 0. The highest BCUT2D eigenvalue weighted by Crippen LogP contribution is 2.27. The summed E-state index contributed by atoms with van der Waals surface area (Å²) in [6.07, 6.45) is 3.72. The summed E-state index contributed by atoms with van der Waals surface area (Å²) in [5.41, 5.74) is 6.65. The van der Waals surface area contributed by atoms with Crippen LogP contribution in [-0.4, -0.2) is 24.6 Å². The van der Waals surface area contributed by atoms with Crippen molar-refractivity contribution in [1.29, 1.82) is 0 Å². The summed E-state index contributed by atoms with van der Waals surface area (Å²) >= 11 is 0. The van der Waals surface area contributed by atoms with Gasteiger partial charge in [0.1, 0.15) is 0 Å². The average Bonchev–Trinajstić information content (AvgIpc) is 2.94. The Labute approximate surface area is 127 Å². The molecule has 1 aliphatic carbocycles. The first-order valence-electron chi connectivity index (χ1n) is 7.79. The summed E-state index contributed by atoms with van der Waals surface area (Å²) in [6, 6.07) is 10.1. The van der Waals surface area contributed by atoms with E-state index in [4.69, 9.17) is 10.5 Å². The molecule has 1 amide bonds. The third-order valence-electron chi connectivity index (χ3n) is 4.07. The molecular weight excluding hydrogens is 264 g/mol. The van der Waals surface area contributed by atoms with Gasteiger partial charge in [0.2, 0.25) is 5.91 Å². The zero-order chi connectivity index (χ0) is 15.1. The number of hydrogen-bond acceptors (Lipinski definition) is 3. The van der Waals surface area contributed by atoms with Gasteiger partial charge in [0, 0.05) is 6.54 Å². The molecule has 2 rings (SSSR count). The minimum absolute atomic E-state index is 0.00471. The molecule has 1 atom stereocenters. The Bertz CT molecular complexity index is 441. The quantitative estimate of drug-likeness (QED) is 0.809. The van der Waals surface area contributed by atoms with Crippen LogP contribution in [0.5, 0.6) is 0 Å². The van der Waals surface area contributed by atoms with Crippen molar-refractivity contribution in [3.63, 3.8) is 0 Å². The SMILES string of the molecule is CC(CNC(=O)C1(N)CCCC1)COCc1ccccc1. The molecule has 4 nitrogen and oxygen atoms in total. The number of benzene rings is 1. The summed E-state index contributed by atoms with van der Waals surface area (Å²) in [4.78, 5) is 12.1. The first-order chi connectivity index (χ1) is 10.1. The Kier molecular flexibility index (Phi) is 5.76. The Morgan fingerprint density at radius 1 is 1.33 bits per heavy atom. The van der Waals surface area contributed by atoms with E-state index < -0.39 is 5.54 Å². The molecule has 1 unspecified atom stereocenters. The fourth-order valence-corrected chi connectivity index (χ4v) is 2.69. The number of nitrogens with two attached hydrogens (primary N) is 1. The van der Waals surface area contributed by atoms with Crippen LogP contribution < -0.4 is 11.1 Å². The maximum Gasteiger partial charge on any atom is 0.240 e. The van der Waals surface area contributed by atoms with Gasteiger partial charge in [-0.05, 0) is 24.3 Å². The average molecular weight is 290 g/mol. The topological polar surface area (TPSA) is 64.4 Å². The molecule has 3 N–H and O–H groups in total. The normalized spacial score (nSPS) is 18.4. The van der Waals surface area contributed by atoms with Crippen LogP contribution in [-0.2, 0) is 16.1 Å². The number of ether oxygens (including phenoxy) is 1. The minimum atomic E-state index is -0.634. The second-order valence-corrected chi connectivity index (χ2v) is 6.18. The third-order valence-corrected chi connectivity index (χ3v) is 4.07. The molecule has 0 radical (unpaired) electrons. The van der Waals surface area contributed by atoms with Gasteiger partial charge in [0.05, 0.1) is 18.8 Å². The molecule has 0 aliphatic heterocycles. The smallest absolute Gasteiger partial charge is 0.240 e. The van der Waals surface area contributed by atoms with Crippen molar-refractivity contribution >= 4 is 5.91 Å². The van der Waals surface area contributed by atoms with Gasteiger partial charge in [0.15, 0.2) is 0 Å². The predicted molar refractivity (Wildman–Crippen MR) is 83.7 cm³/mol. The Morgan fingerprint density at radius 2 is 2.00 bits per heavy atom. The molecule has 0 saturated heterocycles. The highest BCUT2D eigenvalue weighted by molar-refractivity contribution is 5.86. The molecule has 1 saturated carbocycles. The summed E-state index contributed by atoms with van der Waals surface area (Å²) in [6.45, 7) is 3.93. The van der Waals surface area contributed by atoms with Crippen molar-refractivity contribution in [2.24, 2.45) is 11.7 Å². The van der Waals surface area contributed by atoms with Gasteiger partial charge >= 0.3 is 0 Å². The fraction of sp³-hybridized carbons (Fsp3) is 0.588. The minimum Gasteiger partial charge on any atom is -0.376 e. The number of amides is 1. The van der Waals surface area contributed by atoms with Gasteiger partial charge in [-0.25, -0.2) is 0 Å². The van der Waals surface area contributed by atoms with Crippen LogP contribution in [0.15, 0.2) is 30.3 Å². The van der Waals surface area contributed by atoms with Crippen molar-refractivity contribution in [2.45, 2.75) is 44.8 Å². The number of nitrogens with one attached hydrogen (secondary N) is 1. The van der Waals surface area contributed by atoms with Crippen LogP contribution in [0.4, 0.5) is 0 Å². The van der Waals surface area contributed by atoms with E-state index in [1.54, 1.807) is 0 Å². The highest BCUT2D eigenvalue weighted by Gasteiger charge is 2.36. The van der Waals surface area contributed by atoms with E-state index in [1.807, 2.05) is 30.3 Å². The zero-order valence-corrected chi connectivity index (χ0v) is 12.8. The second kappa shape index (κ2) is 7.57. The summed E-state index contributed by atoms with van der Waals surface area (Å²) < 4.78 is 5.68. The standard InChI is InChI=1S/C17H26N2O2/c1-14(12-21-13-15-7-3-2-4-8-15)11-19-16(20)17(18)9-5-6-10-17/h2-4,7-8,14H,5-6,9-13,18H2,1H3,(H,19,20). The maximum absolute atomic E-state index is 12.1. The number of carbonyl (C=O) groups is 1. The molecule has 1 aliphatic rings. The van der Waals surface area contributed by atoms with Gasteiger partial charge in [-0.2, -0.15) is 0 Å². The van der Waals surface area contributed by atoms with Crippen LogP contribution in [0, 0.1) is 5.92 Å². The van der Waals surface area contributed by atoms with E-state index in [9.17, 15) is 4.79 Å². The van der Waals surface area contributed by atoms with E-state index >= 15 is 0 Å². The van der Waals surface area contributed by atoms with Crippen molar-refractivity contribution in [1.82, 2.24) is 5.32 Å². The van der Waals surface area contributed by atoms with E-state index in [-0.39, 0.29) is 11.8 Å². The van der Waals surface area contributed by atoms with Gasteiger partial charge in [-0.15, -0.1) is 0 Å². The Morgan fingerprint density at radius 3 is 2.67 bits per heavy atom. The Hall–Kier alpha value is -1.39. The second-order valence-electron chi connectivity index (χ2n) is 6.18. The maximum atomic E-state index is 12.1. The number of rotatable bonds is 7. The molecule has 1 fully saturated rings. The highest BCUT2D eigenvalue weighted by atomic mass is 16.5. The molecule has 0 aromatic heterocycles. The molecule has 1 aromatic carbocycles. The van der Waals surface area contributed by atoms with Crippen LogP contribution in [0.3, 0.4) is 0 Å². The van der Waals surface area contributed by atoms with Gasteiger partial charge in [-0.1, -0.05) is 50.1 Å². The van der Waals surface area contributed by atoms with E-state index in [2.05, 4.69) is 12.2 Å². The van der Waals surface area contributed by atoms with Crippen LogP contribution in [0.25, 0.3) is 0 Å². The Balaban J connectivity index is 1.63. The largest absolute Gasteiger partial charge is 0.376 e. The summed E-state index contributed by atoms with van der Waals surface area (Å²) in [5.74, 6) is 0.276.